The molecule has 1 aromatic carbocycles. The second kappa shape index (κ2) is 5.61. The minimum atomic E-state index is -0.328. The second-order valence-electron chi connectivity index (χ2n) is 5.63. The molecule has 4 heteroatoms. The molecule has 21 heavy (non-hydrogen) atoms. The Bertz CT molecular complexity index is 623. The van der Waals surface area contributed by atoms with Gasteiger partial charge in [0.1, 0.15) is 11.6 Å². The zero-order chi connectivity index (χ0) is 14.8. The third-order valence-electron chi connectivity index (χ3n) is 4.26. The summed E-state index contributed by atoms with van der Waals surface area (Å²) in [4.78, 5) is 14.1. The Kier molecular flexibility index (Phi) is 3.66. The second-order valence-corrected chi connectivity index (χ2v) is 5.63. The van der Waals surface area contributed by atoms with Crippen LogP contribution in [0.5, 0.6) is 0 Å². The zero-order valence-electron chi connectivity index (χ0n) is 12.3. The zero-order valence-corrected chi connectivity index (χ0v) is 12.3. The molecule has 0 aliphatic carbocycles. The Morgan fingerprint density at radius 3 is 2.43 bits per heavy atom. The predicted octanol–water partition coefficient (Wildman–Crippen LogP) is 2.04. The summed E-state index contributed by atoms with van der Waals surface area (Å²) in [6, 6.07) is 6.25. The molecule has 3 rings (SSSR count). The van der Waals surface area contributed by atoms with Crippen LogP contribution < -0.4 is 10.2 Å². The van der Waals surface area contributed by atoms with Gasteiger partial charge in [-0.1, -0.05) is 0 Å². The Hall–Kier alpha value is -2.28. The summed E-state index contributed by atoms with van der Waals surface area (Å²) in [6.07, 6.45) is 6.23. The van der Waals surface area contributed by atoms with Crippen molar-refractivity contribution in [1.82, 2.24) is 5.32 Å². The lowest BCUT2D eigenvalue weighted by Gasteiger charge is -2.37. The maximum atomic E-state index is 11.6. The Morgan fingerprint density at radius 1 is 1.29 bits per heavy atom. The number of carbonyl (C=O) groups excluding carboxylic acids is 1. The first kappa shape index (κ1) is 13.7. The fourth-order valence-electron chi connectivity index (χ4n) is 3.36. The predicted molar refractivity (Wildman–Crippen MR) is 83.0 cm³/mol. The van der Waals surface area contributed by atoms with Crippen LogP contribution in [0.2, 0.25) is 0 Å². The van der Waals surface area contributed by atoms with Crippen molar-refractivity contribution in [3.63, 3.8) is 0 Å². The molecule has 0 radical (unpaired) electrons. The van der Waals surface area contributed by atoms with Gasteiger partial charge >= 0.3 is 0 Å². The number of benzene rings is 1. The first-order valence-electron chi connectivity index (χ1n) is 7.47. The largest absolute Gasteiger partial charge is 0.371 e. The molecule has 0 saturated carbocycles. The molecule has 2 aliphatic heterocycles. The van der Waals surface area contributed by atoms with E-state index >= 15 is 0 Å². The van der Waals surface area contributed by atoms with Crippen LogP contribution >= 0.6 is 0 Å². The van der Waals surface area contributed by atoms with Gasteiger partial charge in [-0.15, -0.1) is 0 Å². The monoisotopic (exact) mass is 281 g/mol. The number of nitrogens with zero attached hydrogens (tertiary/aromatic N) is 2. The molecule has 0 atom stereocenters. The van der Waals surface area contributed by atoms with E-state index in [4.69, 9.17) is 5.26 Å². The van der Waals surface area contributed by atoms with Gasteiger partial charge in [-0.25, -0.2) is 0 Å². The minimum absolute atomic E-state index is 0.160. The van der Waals surface area contributed by atoms with Gasteiger partial charge < -0.3 is 10.2 Å². The molecule has 0 bridgehead atoms. The molecular formula is C17H19N3O. The van der Waals surface area contributed by atoms with Gasteiger partial charge in [-0.2, -0.15) is 5.26 Å². The third-order valence-corrected chi connectivity index (χ3v) is 4.26. The number of amides is 1. The van der Waals surface area contributed by atoms with E-state index in [0.717, 1.165) is 31.5 Å². The molecule has 0 fully saturated rings. The number of hydrogen-bond donors (Lipinski definition) is 1. The van der Waals surface area contributed by atoms with Gasteiger partial charge in [-0.05, 0) is 60.6 Å². The fourth-order valence-corrected chi connectivity index (χ4v) is 3.36. The highest BCUT2D eigenvalue weighted by Gasteiger charge is 2.24. The first-order chi connectivity index (χ1) is 10.2. The molecule has 1 N–H and O–H groups in total. The highest BCUT2D eigenvalue weighted by molar-refractivity contribution is 6.01. The molecule has 1 aromatic rings. The third kappa shape index (κ3) is 2.52. The van der Waals surface area contributed by atoms with Crippen molar-refractivity contribution in [1.29, 1.82) is 5.26 Å². The Morgan fingerprint density at radius 2 is 1.90 bits per heavy atom. The molecule has 0 spiro atoms. The quantitative estimate of drug-likeness (QED) is 0.666. The van der Waals surface area contributed by atoms with Crippen LogP contribution in [0.25, 0.3) is 6.08 Å². The van der Waals surface area contributed by atoms with Gasteiger partial charge in [0.25, 0.3) is 5.91 Å². The number of likely N-dealkylation sites (N-methyl/N-ethyl adjacent to an activating group) is 1. The lowest BCUT2D eigenvalue weighted by atomic mass is 9.89. The normalized spacial score (nSPS) is 17.0. The summed E-state index contributed by atoms with van der Waals surface area (Å²) in [5.74, 6) is -0.328. The van der Waals surface area contributed by atoms with Crippen molar-refractivity contribution in [3.05, 3.63) is 34.4 Å². The van der Waals surface area contributed by atoms with E-state index in [0.29, 0.717) is 0 Å². The summed E-state index contributed by atoms with van der Waals surface area (Å²) >= 11 is 0. The van der Waals surface area contributed by atoms with Crippen molar-refractivity contribution in [2.24, 2.45) is 0 Å². The van der Waals surface area contributed by atoms with E-state index in [1.807, 2.05) is 6.07 Å². The molecule has 1 amide bonds. The first-order valence-corrected chi connectivity index (χ1v) is 7.47. The van der Waals surface area contributed by atoms with Crippen molar-refractivity contribution >= 4 is 17.7 Å². The lowest BCUT2D eigenvalue weighted by Crippen LogP contribution is -2.34. The number of aryl methyl sites for hydroxylation is 2. The van der Waals surface area contributed by atoms with Gasteiger partial charge in [0.15, 0.2) is 0 Å². The summed E-state index contributed by atoms with van der Waals surface area (Å²) in [6.45, 7) is 2.30. The molecule has 108 valence electrons. The molecule has 4 nitrogen and oxygen atoms in total. The van der Waals surface area contributed by atoms with Crippen LogP contribution in [0.4, 0.5) is 5.69 Å². The average Bonchev–Trinajstić information content (AvgIpc) is 2.52. The van der Waals surface area contributed by atoms with Gasteiger partial charge in [0.05, 0.1) is 0 Å². The van der Waals surface area contributed by atoms with Crippen LogP contribution in [0.15, 0.2) is 17.7 Å². The van der Waals surface area contributed by atoms with E-state index in [9.17, 15) is 4.79 Å². The van der Waals surface area contributed by atoms with E-state index in [2.05, 4.69) is 22.3 Å². The smallest absolute Gasteiger partial charge is 0.261 e. The standard InChI is InChI=1S/C17H19N3O/c1-19-17(21)15(11-18)10-12-8-13-4-2-6-20-7-3-5-14(9-12)16(13)20/h8-10H,2-7H2,1H3,(H,19,21). The molecule has 2 aliphatic rings. The summed E-state index contributed by atoms with van der Waals surface area (Å²) in [7, 11) is 1.54. The number of nitrogens with one attached hydrogen (secondary N) is 1. The average molecular weight is 281 g/mol. The van der Waals surface area contributed by atoms with Crippen LogP contribution in [-0.2, 0) is 17.6 Å². The number of hydrogen-bond acceptors (Lipinski definition) is 3. The molecule has 2 heterocycles. The van der Waals surface area contributed by atoms with Crippen LogP contribution in [0.3, 0.4) is 0 Å². The summed E-state index contributed by atoms with van der Waals surface area (Å²) < 4.78 is 0. The number of carbonyl (C=O) groups is 1. The number of rotatable bonds is 2. The van der Waals surface area contributed by atoms with Crippen molar-refractivity contribution in [2.75, 3.05) is 25.0 Å². The molecular weight excluding hydrogens is 262 g/mol. The highest BCUT2D eigenvalue weighted by Crippen LogP contribution is 2.36. The lowest BCUT2D eigenvalue weighted by molar-refractivity contribution is -0.116. The van der Waals surface area contributed by atoms with Gasteiger partial charge in [-0.3, -0.25) is 4.79 Å². The maximum Gasteiger partial charge on any atom is 0.261 e. The van der Waals surface area contributed by atoms with Crippen LogP contribution in [0, 0.1) is 11.3 Å². The van der Waals surface area contributed by atoms with Crippen molar-refractivity contribution in [3.8, 4) is 6.07 Å². The fraction of sp³-hybridized carbons (Fsp3) is 0.412. The van der Waals surface area contributed by atoms with Crippen molar-refractivity contribution < 1.29 is 4.79 Å². The van der Waals surface area contributed by atoms with E-state index in [-0.39, 0.29) is 11.5 Å². The van der Waals surface area contributed by atoms with Gasteiger partial charge in [0, 0.05) is 25.8 Å². The minimum Gasteiger partial charge on any atom is -0.371 e. The molecule has 0 saturated heterocycles. The van der Waals surface area contributed by atoms with E-state index in [1.54, 1.807) is 13.1 Å². The van der Waals surface area contributed by atoms with Gasteiger partial charge in [0.2, 0.25) is 0 Å². The molecule has 0 unspecified atom stereocenters. The molecule has 0 aromatic heterocycles. The summed E-state index contributed by atoms with van der Waals surface area (Å²) in [5, 5.41) is 11.6. The van der Waals surface area contributed by atoms with E-state index < -0.39 is 0 Å². The Balaban J connectivity index is 2.04. The number of anilines is 1. The van der Waals surface area contributed by atoms with Crippen LogP contribution in [-0.4, -0.2) is 26.0 Å². The maximum absolute atomic E-state index is 11.6. The van der Waals surface area contributed by atoms with Crippen molar-refractivity contribution in [2.45, 2.75) is 25.7 Å². The Labute approximate surface area is 125 Å². The van der Waals surface area contributed by atoms with E-state index in [1.165, 1.54) is 29.7 Å². The highest BCUT2D eigenvalue weighted by atomic mass is 16.1. The summed E-state index contributed by atoms with van der Waals surface area (Å²) in [5.41, 5.74) is 5.25. The topological polar surface area (TPSA) is 56.1 Å². The SMILES string of the molecule is CNC(=O)C(C#N)=Cc1cc2c3c(c1)CCCN3CCC2. The van der Waals surface area contributed by atoms with Crippen LogP contribution in [0.1, 0.15) is 29.5 Å². The number of nitriles is 1.